The van der Waals surface area contributed by atoms with Gasteiger partial charge in [-0.05, 0) is 30.5 Å². The molecule has 2 aliphatic rings. The van der Waals surface area contributed by atoms with Gasteiger partial charge in [-0.3, -0.25) is 9.59 Å². The standard InChI is InChI=1S/C14H13Cl2NO3/c1-20-12(19)14-7-13(14,4-5-17-11(14)18)8-2-3-9(15)10(16)6-8/h2-3,6H,4-5,7H2,1H3,(H,17,18)/t13-,14?/m1/s1. The van der Waals surface area contributed by atoms with Crippen LogP contribution in [0.5, 0.6) is 0 Å². The van der Waals surface area contributed by atoms with Crippen LogP contribution < -0.4 is 5.32 Å². The van der Waals surface area contributed by atoms with Crippen LogP contribution in [-0.2, 0) is 19.7 Å². The Bertz CT molecular complexity index is 608. The molecule has 1 unspecified atom stereocenters. The number of fused-ring (bicyclic) bond motifs is 1. The summed E-state index contributed by atoms with van der Waals surface area (Å²) in [6, 6.07) is 5.27. The van der Waals surface area contributed by atoms with Crippen LogP contribution in [0.15, 0.2) is 18.2 Å². The minimum Gasteiger partial charge on any atom is -0.468 e. The SMILES string of the molecule is COC(=O)C12C[C@@]1(c1ccc(Cl)c(Cl)c1)CCNC2=O. The van der Waals surface area contributed by atoms with Crippen molar-refractivity contribution in [1.29, 1.82) is 0 Å². The zero-order chi connectivity index (χ0) is 14.5. The molecule has 1 N–H and O–H groups in total. The molecule has 1 heterocycles. The van der Waals surface area contributed by atoms with Crippen LogP contribution in [0.4, 0.5) is 0 Å². The van der Waals surface area contributed by atoms with Crippen molar-refractivity contribution in [3.63, 3.8) is 0 Å². The lowest BCUT2D eigenvalue weighted by Crippen LogP contribution is -2.48. The van der Waals surface area contributed by atoms with Crippen LogP contribution in [0.1, 0.15) is 18.4 Å². The summed E-state index contributed by atoms with van der Waals surface area (Å²) < 4.78 is 4.85. The second-order valence-corrected chi connectivity index (χ2v) is 6.10. The number of esters is 1. The number of piperidine rings is 1. The van der Waals surface area contributed by atoms with E-state index in [1.165, 1.54) is 7.11 Å². The van der Waals surface area contributed by atoms with Crippen LogP contribution in [-0.4, -0.2) is 25.5 Å². The van der Waals surface area contributed by atoms with Gasteiger partial charge in [0, 0.05) is 12.0 Å². The van der Waals surface area contributed by atoms with Crippen molar-refractivity contribution in [2.24, 2.45) is 5.41 Å². The van der Waals surface area contributed by atoms with Crippen LogP contribution in [0.2, 0.25) is 10.0 Å². The molecule has 1 aromatic rings. The number of benzene rings is 1. The zero-order valence-corrected chi connectivity index (χ0v) is 12.3. The number of nitrogens with one attached hydrogen (secondary N) is 1. The predicted octanol–water partition coefficient (Wildman–Crippen LogP) is 2.31. The van der Waals surface area contributed by atoms with Crippen molar-refractivity contribution in [3.8, 4) is 0 Å². The first-order valence-electron chi connectivity index (χ1n) is 6.30. The van der Waals surface area contributed by atoms with Crippen LogP contribution in [0, 0.1) is 5.41 Å². The van der Waals surface area contributed by atoms with Gasteiger partial charge in [0.15, 0.2) is 5.41 Å². The van der Waals surface area contributed by atoms with E-state index < -0.39 is 16.8 Å². The molecule has 1 saturated carbocycles. The lowest BCUT2D eigenvalue weighted by atomic mass is 9.80. The molecule has 106 valence electrons. The largest absolute Gasteiger partial charge is 0.468 e. The molecule has 1 aliphatic heterocycles. The van der Waals surface area contributed by atoms with Crippen LogP contribution >= 0.6 is 23.2 Å². The van der Waals surface area contributed by atoms with Gasteiger partial charge in [-0.1, -0.05) is 29.3 Å². The molecular formula is C14H13Cl2NO3. The number of ether oxygens (including phenoxy) is 1. The van der Waals surface area contributed by atoms with E-state index in [4.69, 9.17) is 27.9 Å². The number of carbonyl (C=O) groups excluding carboxylic acids is 2. The van der Waals surface area contributed by atoms with E-state index in [1.54, 1.807) is 12.1 Å². The normalized spacial score (nSPS) is 31.2. The maximum Gasteiger partial charge on any atom is 0.322 e. The number of methoxy groups -OCH3 is 1. The Hall–Kier alpha value is -1.26. The van der Waals surface area contributed by atoms with E-state index in [0.717, 1.165) is 5.56 Å². The average molecular weight is 314 g/mol. The van der Waals surface area contributed by atoms with Crippen molar-refractivity contribution in [3.05, 3.63) is 33.8 Å². The number of rotatable bonds is 2. The minimum absolute atomic E-state index is 0.262. The molecule has 1 aromatic carbocycles. The van der Waals surface area contributed by atoms with Gasteiger partial charge in [0.2, 0.25) is 5.91 Å². The number of carbonyl (C=O) groups is 2. The number of halogens is 2. The van der Waals surface area contributed by atoms with Crippen molar-refractivity contribution in [2.75, 3.05) is 13.7 Å². The highest BCUT2D eigenvalue weighted by atomic mass is 35.5. The predicted molar refractivity (Wildman–Crippen MR) is 74.8 cm³/mol. The molecule has 0 radical (unpaired) electrons. The Morgan fingerprint density at radius 2 is 2.10 bits per heavy atom. The third-order valence-corrected chi connectivity index (χ3v) is 5.23. The van der Waals surface area contributed by atoms with Gasteiger partial charge in [0.05, 0.1) is 17.2 Å². The van der Waals surface area contributed by atoms with Gasteiger partial charge in [-0.2, -0.15) is 0 Å². The van der Waals surface area contributed by atoms with Gasteiger partial charge in [-0.15, -0.1) is 0 Å². The lowest BCUT2D eigenvalue weighted by molar-refractivity contribution is -0.154. The molecular weight excluding hydrogens is 301 g/mol. The summed E-state index contributed by atoms with van der Waals surface area (Å²) in [6.45, 7) is 0.540. The number of hydrogen-bond acceptors (Lipinski definition) is 3. The van der Waals surface area contributed by atoms with Crippen molar-refractivity contribution in [1.82, 2.24) is 5.32 Å². The van der Waals surface area contributed by atoms with E-state index in [2.05, 4.69) is 5.32 Å². The molecule has 0 spiro atoms. The lowest BCUT2D eigenvalue weighted by Gasteiger charge is -2.29. The molecule has 0 bridgehead atoms. The number of amides is 1. The molecule has 4 nitrogen and oxygen atoms in total. The average Bonchev–Trinajstić information content (AvgIpc) is 3.14. The van der Waals surface area contributed by atoms with Gasteiger partial charge in [0.1, 0.15) is 0 Å². The van der Waals surface area contributed by atoms with Gasteiger partial charge in [-0.25, -0.2) is 0 Å². The van der Waals surface area contributed by atoms with E-state index in [-0.39, 0.29) is 5.91 Å². The van der Waals surface area contributed by atoms with Gasteiger partial charge < -0.3 is 10.1 Å². The maximum absolute atomic E-state index is 12.2. The quantitative estimate of drug-likeness (QED) is 0.673. The smallest absolute Gasteiger partial charge is 0.322 e. The van der Waals surface area contributed by atoms with E-state index in [9.17, 15) is 9.59 Å². The summed E-state index contributed by atoms with van der Waals surface area (Å²) in [4.78, 5) is 24.3. The second-order valence-electron chi connectivity index (χ2n) is 5.29. The van der Waals surface area contributed by atoms with Crippen LogP contribution in [0.3, 0.4) is 0 Å². The van der Waals surface area contributed by atoms with Gasteiger partial charge in [0.25, 0.3) is 0 Å². The summed E-state index contributed by atoms with van der Waals surface area (Å²) in [5, 5.41) is 3.63. The zero-order valence-electron chi connectivity index (χ0n) is 10.8. The minimum atomic E-state index is -1.11. The second kappa shape index (κ2) is 4.37. The van der Waals surface area contributed by atoms with Crippen molar-refractivity contribution in [2.45, 2.75) is 18.3 Å². The molecule has 2 fully saturated rings. The molecule has 6 heteroatoms. The molecule has 20 heavy (non-hydrogen) atoms. The molecule has 1 saturated heterocycles. The fourth-order valence-corrected chi connectivity index (χ4v) is 3.67. The highest BCUT2D eigenvalue weighted by Crippen LogP contribution is 2.68. The Labute approximate surface area is 126 Å². The Morgan fingerprint density at radius 3 is 2.75 bits per heavy atom. The highest BCUT2D eigenvalue weighted by molar-refractivity contribution is 6.42. The first-order chi connectivity index (χ1) is 9.48. The monoisotopic (exact) mass is 313 g/mol. The van der Waals surface area contributed by atoms with E-state index in [0.29, 0.717) is 29.4 Å². The third kappa shape index (κ3) is 1.55. The van der Waals surface area contributed by atoms with Crippen molar-refractivity contribution < 1.29 is 14.3 Å². The summed E-state index contributed by atoms with van der Waals surface area (Å²) in [7, 11) is 1.30. The van der Waals surface area contributed by atoms with Gasteiger partial charge >= 0.3 is 5.97 Å². The molecule has 2 atom stereocenters. The fourth-order valence-electron chi connectivity index (χ4n) is 3.37. The summed E-state index contributed by atoms with van der Waals surface area (Å²) in [5.74, 6) is -0.748. The highest BCUT2D eigenvalue weighted by Gasteiger charge is 2.78. The van der Waals surface area contributed by atoms with E-state index >= 15 is 0 Å². The third-order valence-electron chi connectivity index (χ3n) is 4.49. The first-order valence-corrected chi connectivity index (χ1v) is 7.06. The molecule has 3 rings (SSSR count). The Balaban J connectivity index is 2.09. The Kier molecular flexibility index (Phi) is 2.99. The van der Waals surface area contributed by atoms with Crippen molar-refractivity contribution >= 4 is 35.1 Å². The molecule has 1 amide bonds. The summed E-state index contributed by atoms with van der Waals surface area (Å²) in [6.07, 6.45) is 1.14. The van der Waals surface area contributed by atoms with E-state index in [1.807, 2.05) is 6.07 Å². The Morgan fingerprint density at radius 1 is 1.35 bits per heavy atom. The van der Waals surface area contributed by atoms with Crippen LogP contribution in [0.25, 0.3) is 0 Å². The first kappa shape index (κ1) is 13.7. The summed E-state index contributed by atoms with van der Waals surface area (Å²) in [5.41, 5.74) is -0.763. The maximum atomic E-state index is 12.2. The number of hydrogen-bond donors (Lipinski definition) is 1. The molecule has 0 aromatic heterocycles. The summed E-state index contributed by atoms with van der Waals surface area (Å²) >= 11 is 12.0. The topological polar surface area (TPSA) is 55.4 Å². The fraction of sp³-hybridized carbons (Fsp3) is 0.429. The molecule has 1 aliphatic carbocycles.